The standard InChI is InChI=1S/C6H9BrO.C6H7BrO.C5H8O.3C2H6.CH2I.2CH3.5HI.3V/c2*7-6-3-1-2-5(6)4-8;6-5-3-1-2-4-5;4*1-2;;;;;;;;;;/h8H,1-4H2;4H,1-3H2;1-4H2;3*1-2H3;1H2;2*1H3;5*1H;;;/q;;;;;;3*-1;;;;;;;+2;+3/p-5. The molecule has 3 rings (SSSR count). The number of aliphatic hydroxyl groups excluding tert-OH is 1. The molecule has 246 valence electrons. The van der Waals surface area contributed by atoms with Crippen LogP contribution in [0.2, 0.25) is 0 Å². The van der Waals surface area contributed by atoms with Crippen LogP contribution in [-0.2, 0) is 42.5 Å². The maximum absolute atomic E-state index is 10.2. The van der Waals surface area contributed by atoms with E-state index in [0.29, 0.717) is 15.2 Å². The third-order valence-corrected chi connectivity index (χ3v) is 5.81. The Labute approximate surface area is 359 Å². The monoisotopic (exact) mass is 1480 g/mol. The number of ketones is 1. The summed E-state index contributed by atoms with van der Waals surface area (Å²) >= 11 is 20.7. The fourth-order valence-electron chi connectivity index (χ4n) is 2.56. The van der Waals surface area contributed by atoms with E-state index in [0.717, 1.165) is 74.1 Å². The molecule has 3 nitrogen and oxygen atoms in total. The van der Waals surface area contributed by atoms with Crippen molar-refractivity contribution in [3.05, 3.63) is 39.9 Å². The minimum atomic E-state index is -0.278. The maximum Gasteiger partial charge on any atom is 0 e. The molecule has 0 amide bonds. The molecule has 0 aromatic carbocycles. The number of hydrogen-bond acceptors (Lipinski definition) is 3. The molecule has 0 aliphatic heterocycles. The van der Waals surface area contributed by atoms with Crippen LogP contribution in [0.15, 0.2) is 20.1 Å². The molecule has 0 aromatic heterocycles. The van der Waals surface area contributed by atoms with Gasteiger partial charge in [-0.25, -0.2) is 0 Å². The molecule has 3 aliphatic carbocycles. The smallest absolute Gasteiger partial charge is 0 e. The fourth-order valence-corrected chi connectivity index (χ4v) is 3.73. The van der Waals surface area contributed by atoms with Crippen molar-refractivity contribution < 1.29 is 47.6 Å². The zero-order chi connectivity index (χ0) is 30.7. The quantitative estimate of drug-likeness (QED) is 0.170. The van der Waals surface area contributed by atoms with Gasteiger partial charge in [0.25, 0.3) is 0 Å². The largest absolute Gasteiger partial charge is 0 e. The molecule has 0 atom stereocenters. The number of halogens is 8. The Hall–Kier alpha value is 5.87. The Morgan fingerprint density at radius 3 is 1.25 bits per heavy atom. The molecule has 14 heteroatoms. The summed E-state index contributed by atoms with van der Waals surface area (Å²) in [5.41, 5.74) is 2.13. The summed E-state index contributed by atoms with van der Waals surface area (Å²) in [7, 11) is 0.628. The van der Waals surface area contributed by atoms with Gasteiger partial charge in [0.1, 0.15) is 12.1 Å². The average molecular weight is 1480 g/mol. The van der Waals surface area contributed by atoms with Crippen molar-refractivity contribution >= 4 is 166 Å². The summed E-state index contributed by atoms with van der Waals surface area (Å²) in [6.45, 7) is 12.2. The van der Waals surface area contributed by atoms with E-state index in [1.54, 1.807) is 0 Å². The zero-order valence-electron chi connectivity index (χ0n) is 25.2. The summed E-state index contributed by atoms with van der Waals surface area (Å²) < 4.78 is 2.33. The molecule has 0 bridgehead atoms. The fraction of sp³-hybridized carbons (Fsp3) is 0.654. The molecule has 1 fully saturated rings. The SMILES string of the molecule is CC.CC.CC.O=C1CCCC1.O=CC1=C(Br)CCC1.OCC1=C(Br)CCC1.[CH2-]I.[CH3-].[CH3-].[I][V]([I])[I].[I][V][I].[V]. The molecule has 0 spiro atoms. The first-order valence-electron chi connectivity index (χ1n) is 12.0. The summed E-state index contributed by atoms with van der Waals surface area (Å²) in [4.78, 5) is 23.3. The molecule has 3 aliphatic rings. The summed E-state index contributed by atoms with van der Waals surface area (Å²) in [5.74, 6) is 0.454. The van der Waals surface area contributed by atoms with Crippen LogP contribution in [0.25, 0.3) is 0 Å². The maximum atomic E-state index is 10.2. The van der Waals surface area contributed by atoms with Crippen molar-refractivity contribution in [1.29, 1.82) is 0 Å². The number of aliphatic hydroxyl groups is 1. The first-order valence-corrected chi connectivity index (χ1v) is 37.7. The number of aldehydes is 1. The molecule has 1 radical (unpaired) electrons. The molecule has 0 heterocycles. The van der Waals surface area contributed by atoms with Crippen LogP contribution in [0, 0.1) is 19.8 Å². The van der Waals surface area contributed by atoms with Crippen molar-refractivity contribution in [3.8, 4) is 0 Å². The average Bonchev–Trinajstić information content (AvgIpc) is 3.67. The Morgan fingerprint density at radius 2 is 1.12 bits per heavy atom. The van der Waals surface area contributed by atoms with Gasteiger partial charge in [-0.05, 0) is 61.4 Å². The predicted octanol–water partition coefficient (Wildman–Crippen LogP) is 14.6. The van der Waals surface area contributed by atoms with E-state index in [9.17, 15) is 9.59 Å². The minimum Gasteiger partial charge on any atom is 0 e. The van der Waals surface area contributed by atoms with Crippen molar-refractivity contribution in [2.45, 2.75) is 106 Å². The molecule has 0 unspecified atom stereocenters. The van der Waals surface area contributed by atoms with Crippen LogP contribution < -0.4 is 0 Å². The molecule has 0 saturated heterocycles. The molecule has 1 saturated carbocycles. The predicted molar refractivity (Wildman–Crippen MR) is 233 cm³/mol. The van der Waals surface area contributed by atoms with Gasteiger partial charge in [0.15, 0.2) is 0 Å². The number of carbonyl (C=O) groups is 2. The van der Waals surface area contributed by atoms with Crippen LogP contribution in [0.3, 0.4) is 0 Å². The van der Waals surface area contributed by atoms with Gasteiger partial charge in [-0.1, -0.05) is 73.4 Å². The Kier molecular flexibility index (Phi) is 108. The van der Waals surface area contributed by atoms with Gasteiger partial charge in [0.05, 0.1) is 6.61 Å². The van der Waals surface area contributed by atoms with E-state index in [1.807, 2.05) is 64.1 Å². The van der Waals surface area contributed by atoms with Crippen molar-refractivity contribution in [3.63, 3.8) is 0 Å². The van der Waals surface area contributed by atoms with E-state index in [1.165, 1.54) is 16.5 Å². The van der Waals surface area contributed by atoms with Crippen LogP contribution in [-0.4, -0.2) is 23.8 Å². The second kappa shape index (κ2) is 63.5. The number of rotatable bonds is 2. The van der Waals surface area contributed by atoms with Gasteiger partial charge >= 0.3 is 114 Å². The zero-order valence-corrected chi connectivity index (χ0v) is 45.5. The van der Waals surface area contributed by atoms with Gasteiger partial charge in [-0.15, -0.1) is 0 Å². The Bertz CT molecular complexity index is 537. The van der Waals surface area contributed by atoms with Crippen LogP contribution in [0.5, 0.6) is 0 Å². The van der Waals surface area contributed by atoms with Crippen LogP contribution in [0.1, 0.15) is 106 Å². The van der Waals surface area contributed by atoms with E-state index in [2.05, 4.69) is 137 Å². The van der Waals surface area contributed by atoms with Gasteiger partial charge in [0, 0.05) is 41.5 Å². The van der Waals surface area contributed by atoms with Gasteiger partial charge in [0.2, 0.25) is 0 Å². The number of carbonyl (C=O) groups excluding carboxylic acids is 2. The van der Waals surface area contributed by atoms with E-state index in [4.69, 9.17) is 5.11 Å². The molecule has 1 N–H and O–H groups in total. The first kappa shape index (κ1) is 67.9. The second-order valence-electron chi connectivity index (χ2n) is 5.92. The molecule has 40 heavy (non-hydrogen) atoms. The van der Waals surface area contributed by atoms with E-state index in [-0.39, 0.29) is 44.9 Å². The van der Waals surface area contributed by atoms with Crippen LogP contribution in [0.4, 0.5) is 0 Å². The topological polar surface area (TPSA) is 54.4 Å². The third kappa shape index (κ3) is 59.3. The normalized spacial score (nSPS) is 13.2. The minimum absolute atomic E-state index is 0. The second-order valence-corrected chi connectivity index (χ2v) is 55.0. The summed E-state index contributed by atoms with van der Waals surface area (Å²) in [5, 5.41) is 8.65. The van der Waals surface area contributed by atoms with Gasteiger partial charge < -0.3 is 42.6 Å². The Morgan fingerprint density at radius 1 is 0.800 bits per heavy atom. The van der Waals surface area contributed by atoms with Gasteiger partial charge in [-0.2, -0.15) is 0 Å². The van der Waals surface area contributed by atoms with Crippen molar-refractivity contribution in [2.24, 2.45) is 0 Å². The van der Waals surface area contributed by atoms with Crippen molar-refractivity contribution in [2.75, 3.05) is 6.61 Å². The Balaban J connectivity index is -0.0000000407. The van der Waals surface area contributed by atoms with E-state index < -0.39 is 0 Å². The van der Waals surface area contributed by atoms with E-state index >= 15 is 0 Å². The van der Waals surface area contributed by atoms with Crippen LogP contribution >= 0.6 is 154 Å². The molecular formula is C26H50Br2I6O3V3-3. The number of allylic oxidation sites excluding steroid dienone is 3. The molecular weight excluding hydrogens is 1430 g/mol. The summed E-state index contributed by atoms with van der Waals surface area (Å²) in [6.07, 6.45) is 11.5. The number of hydrogen-bond donors (Lipinski definition) is 1. The molecule has 0 aromatic rings. The summed E-state index contributed by atoms with van der Waals surface area (Å²) in [6, 6.07) is 0. The third-order valence-electron chi connectivity index (χ3n) is 3.94. The first-order chi connectivity index (χ1) is 17.7. The van der Waals surface area contributed by atoms with Crippen molar-refractivity contribution in [1.82, 2.24) is 0 Å². The number of Topliss-reactive ketones (excluding diaryl/α,β-unsaturated/α-hetero) is 1. The van der Waals surface area contributed by atoms with Gasteiger partial charge in [-0.3, -0.25) is 14.5 Å².